The first-order valence-electron chi connectivity index (χ1n) is 4.33. The fraction of sp³-hybridized carbons (Fsp3) is 0.0909. The zero-order chi connectivity index (χ0) is 8.67. The minimum Gasteiger partial charge on any atom is -0.495 e. The SMILES string of the molecule is C1=Cc2c([nH]c3ccccc23)CO1. The van der Waals surface area contributed by atoms with Crippen LogP contribution >= 0.6 is 0 Å². The largest absolute Gasteiger partial charge is 0.495 e. The molecule has 1 N–H and O–H groups in total. The van der Waals surface area contributed by atoms with Gasteiger partial charge in [0.15, 0.2) is 0 Å². The van der Waals surface area contributed by atoms with E-state index in [1.54, 1.807) is 6.26 Å². The molecule has 2 aromatic rings. The van der Waals surface area contributed by atoms with Crippen molar-refractivity contribution in [3.8, 4) is 0 Å². The molecule has 0 unspecified atom stereocenters. The Morgan fingerprint density at radius 2 is 2.15 bits per heavy atom. The van der Waals surface area contributed by atoms with Crippen molar-refractivity contribution in [3.63, 3.8) is 0 Å². The number of para-hydroxylation sites is 1. The van der Waals surface area contributed by atoms with Crippen LogP contribution in [0.2, 0.25) is 0 Å². The van der Waals surface area contributed by atoms with Gasteiger partial charge >= 0.3 is 0 Å². The van der Waals surface area contributed by atoms with E-state index in [1.807, 2.05) is 12.1 Å². The van der Waals surface area contributed by atoms with Crippen LogP contribution in [0, 0.1) is 0 Å². The monoisotopic (exact) mass is 171 g/mol. The average Bonchev–Trinajstić information content (AvgIpc) is 2.56. The fourth-order valence-electron chi connectivity index (χ4n) is 1.77. The number of rotatable bonds is 0. The highest BCUT2D eigenvalue weighted by molar-refractivity contribution is 5.90. The topological polar surface area (TPSA) is 25.0 Å². The van der Waals surface area contributed by atoms with Crippen molar-refractivity contribution in [3.05, 3.63) is 41.8 Å². The number of fused-ring (bicyclic) bond motifs is 3. The zero-order valence-electron chi connectivity index (χ0n) is 7.08. The highest BCUT2D eigenvalue weighted by atomic mass is 16.5. The van der Waals surface area contributed by atoms with E-state index in [-0.39, 0.29) is 0 Å². The molecule has 2 heteroatoms. The second-order valence-electron chi connectivity index (χ2n) is 3.18. The standard InChI is InChI=1S/C11H9NO/c1-2-4-10-8(3-1)9-5-6-13-7-11(9)12-10/h1-6,12H,7H2. The molecular formula is C11H9NO. The summed E-state index contributed by atoms with van der Waals surface area (Å²) in [6.45, 7) is 0.653. The van der Waals surface area contributed by atoms with Gasteiger partial charge in [-0.05, 0) is 12.1 Å². The van der Waals surface area contributed by atoms with Crippen LogP contribution in [-0.2, 0) is 11.3 Å². The van der Waals surface area contributed by atoms with E-state index in [4.69, 9.17) is 4.74 Å². The lowest BCUT2D eigenvalue weighted by molar-refractivity contribution is 0.231. The summed E-state index contributed by atoms with van der Waals surface area (Å²) in [7, 11) is 0. The van der Waals surface area contributed by atoms with Crippen molar-refractivity contribution in [1.29, 1.82) is 0 Å². The summed E-state index contributed by atoms with van der Waals surface area (Å²) in [6, 6.07) is 8.30. The Morgan fingerprint density at radius 1 is 1.23 bits per heavy atom. The van der Waals surface area contributed by atoms with E-state index in [1.165, 1.54) is 22.2 Å². The molecule has 2 nitrogen and oxygen atoms in total. The number of aromatic nitrogens is 1. The number of H-pyrrole nitrogens is 1. The fourth-order valence-corrected chi connectivity index (χ4v) is 1.77. The van der Waals surface area contributed by atoms with Gasteiger partial charge in [0, 0.05) is 16.5 Å². The Kier molecular flexibility index (Phi) is 1.25. The van der Waals surface area contributed by atoms with Crippen LogP contribution in [0.3, 0.4) is 0 Å². The minimum atomic E-state index is 0.653. The molecule has 0 saturated heterocycles. The van der Waals surface area contributed by atoms with E-state index in [2.05, 4.69) is 23.2 Å². The number of ether oxygens (including phenoxy) is 1. The summed E-state index contributed by atoms with van der Waals surface area (Å²) in [5.41, 5.74) is 3.62. The van der Waals surface area contributed by atoms with Gasteiger partial charge < -0.3 is 9.72 Å². The summed E-state index contributed by atoms with van der Waals surface area (Å²) < 4.78 is 5.21. The van der Waals surface area contributed by atoms with Crippen molar-refractivity contribution in [1.82, 2.24) is 4.98 Å². The van der Waals surface area contributed by atoms with Gasteiger partial charge in [-0.25, -0.2) is 0 Å². The van der Waals surface area contributed by atoms with E-state index in [9.17, 15) is 0 Å². The molecule has 13 heavy (non-hydrogen) atoms. The van der Waals surface area contributed by atoms with Crippen molar-refractivity contribution in [2.24, 2.45) is 0 Å². The summed E-state index contributed by atoms with van der Waals surface area (Å²) in [5.74, 6) is 0. The molecule has 1 aliphatic heterocycles. The molecule has 1 aromatic carbocycles. The van der Waals surface area contributed by atoms with Gasteiger partial charge in [0.2, 0.25) is 0 Å². The lowest BCUT2D eigenvalue weighted by atomic mass is 10.1. The second-order valence-corrected chi connectivity index (χ2v) is 3.18. The molecule has 2 heterocycles. The third-order valence-electron chi connectivity index (χ3n) is 2.39. The van der Waals surface area contributed by atoms with E-state index < -0.39 is 0 Å². The normalized spacial score (nSPS) is 14.2. The van der Waals surface area contributed by atoms with Crippen LogP contribution in [0.1, 0.15) is 11.3 Å². The second kappa shape index (κ2) is 2.39. The first kappa shape index (κ1) is 6.78. The number of nitrogens with one attached hydrogen (secondary N) is 1. The van der Waals surface area contributed by atoms with Gasteiger partial charge in [-0.15, -0.1) is 0 Å². The summed E-state index contributed by atoms with van der Waals surface area (Å²) in [6.07, 6.45) is 3.76. The number of benzene rings is 1. The molecule has 0 amide bonds. The maximum absolute atomic E-state index is 5.21. The quantitative estimate of drug-likeness (QED) is 0.647. The molecule has 64 valence electrons. The number of hydrogen-bond donors (Lipinski definition) is 1. The number of hydrogen-bond acceptors (Lipinski definition) is 1. The van der Waals surface area contributed by atoms with Gasteiger partial charge in [-0.2, -0.15) is 0 Å². The van der Waals surface area contributed by atoms with Gasteiger partial charge in [0.25, 0.3) is 0 Å². The Labute approximate surface area is 75.8 Å². The Hall–Kier alpha value is -1.70. The molecule has 1 aromatic heterocycles. The highest BCUT2D eigenvalue weighted by Gasteiger charge is 2.10. The summed E-state index contributed by atoms with van der Waals surface area (Å²) >= 11 is 0. The predicted octanol–water partition coefficient (Wildman–Crippen LogP) is 2.67. The van der Waals surface area contributed by atoms with Crippen molar-refractivity contribution >= 4 is 17.0 Å². The zero-order valence-corrected chi connectivity index (χ0v) is 7.08. The molecule has 0 saturated carbocycles. The molecule has 0 fully saturated rings. The van der Waals surface area contributed by atoms with Gasteiger partial charge in [-0.3, -0.25) is 0 Å². The van der Waals surface area contributed by atoms with Crippen molar-refractivity contribution < 1.29 is 4.74 Å². The van der Waals surface area contributed by atoms with Crippen LogP contribution in [-0.4, -0.2) is 4.98 Å². The maximum atomic E-state index is 5.21. The lowest BCUT2D eigenvalue weighted by Gasteiger charge is -2.05. The molecule has 1 aliphatic rings. The molecule has 0 aliphatic carbocycles. The van der Waals surface area contributed by atoms with E-state index in [0.717, 1.165) is 0 Å². The van der Waals surface area contributed by atoms with Crippen LogP contribution in [0.25, 0.3) is 17.0 Å². The minimum absolute atomic E-state index is 0.653. The number of aromatic amines is 1. The molecule has 3 rings (SSSR count). The molecule has 0 bridgehead atoms. The first-order valence-corrected chi connectivity index (χ1v) is 4.33. The van der Waals surface area contributed by atoms with E-state index in [0.29, 0.717) is 6.61 Å². The average molecular weight is 171 g/mol. The third-order valence-corrected chi connectivity index (χ3v) is 2.39. The van der Waals surface area contributed by atoms with Gasteiger partial charge in [-0.1, -0.05) is 18.2 Å². The van der Waals surface area contributed by atoms with Crippen LogP contribution in [0.15, 0.2) is 30.5 Å². The van der Waals surface area contributed by atoms with Crippen molar-refractivity contribution in [2.75, 3.05) is 0 Å². The van der Waals surface area contributed by atoms with E-state index >= 15 is 0 Å². The van der Waals surface area contributed by atoms with Crippen molar-refractivity contribution in [2.45, 2.75) is 6.61 Å². The third kappa shape index (κ3) is 0.886. The van der Waals surface area contributed by atoms with Crippen LogP contribution in [0.4, 0.5) is 0 Å². The predicted molar refractivity (Wildman–Crippen MR) is 52.1 cm³/mol. The molecular weight excluding hydrogens is 162 g/mol. The lowest BCUT2D eigenvalue weighted by Crippen LogP contribution is -1.93. The first-order chi connectivity index (χ1) is 6.45. The Balaban J connectivity index is 2.42. The summed E-state index contributed by atoms with van der Waals surface area (Å²) in [5, 5.41) is 1.28. The summed E-state index contributed by atoms with van der Waals surface area (Å²) in [4.78, 5) is 3.34. The molecule has 0 radical (unpaired) electrons. The molecule has 0 spiro atoms. The Morgan fingerprint density at radius 3 is 3.15 bits per heavy atom. The molecule has 0 atom stereocenters. The van der Waals surface area contributed by atoms with Gasteiger partial charge in [0.05, 0.1) is 12.0 Å². The van der Waals surface area contributed by atoms with Crippen LogP contribution < -0.4 is 0 Å². The maximum Gasteiger partial charge on any atom is 0.128 e. The highest BCUT2D eigenvalue weighted by Crippen LogP contribution is 2.26. The Bertz CT molecular complexity index is 482. The van der Waals surface area contributed by atoms with Gasteiger partial charge in [0.1, 0.15) is 6.61 Å². The smallest absolute Gasteiger partial charge is 0.128 e. The van der Waals surface area contributed by atoms with Crippen LogP contribution in [0.5, 0.6) is 0 Å².